The number of carbonyl (C=O) groups excluding carboxylic acids is 2. The van der Waals surface area contributed by atoms with E-state index in [9.17, 15) is 9.59 Å². The predicted molar refractivity (Wildman–Crippen MR) is 104 cm³/mol. The quantitative estimate of drug-likeness (QED) is 0.733. The third-order valence-electron chi connectivity index (χ3n) is 5.30. The number of hydrogen-bond donors (Lipinski definition) is 3. The van der Waals surface area contributed by atoms with Crippen molar-refractivity contribution < 1.29 is 9.59 Å². The Morgan fingerprint density at radius 1 is 1.00 bits per heavy atom. The normalized spacial score (nSPS) is 18.8. The molecular weight excluding hydrogens is 344 g/mol. The summed E-state index contributed by atoms with van der Waals surface area (Å²) in [6.45, 7) is 4.03. The van der Waals surface area contributed by atoms with Gasteiger partial charge >= 0.3 is 6.03 Å². The number of carbonyl (C=O) groups is 2. The SMILES string of the molecule is CCNc1ncc(C(=O)NC2CCN(C(=O)NC3CCCCC3)CC2)cn1. The lowest BCUT2D eigenvalue weighted by atomic mass is 9.95. The van der Waals surface area contributed by atoms with Gasteiger partial charge in [-0.05, 0) is 32.6 Å². The van der Waals surface area contributed by atoms with Gasteiger partial charge in [0.15, 0.2) is 0 Å². The minimum absolute atomic E-state index is 0.0408. The summed E-state index contributed by atoms with van der Waals surface area (Å²) in [7, 11) is 0. The van der Waals surface area contributed by atoms with Crippen LogP contribution in [-0.4, -0.2) is 58.5 Å². The molecule has 0 atom stereocenters. The Morgan fingerprint density at radius 3 is 2.26 bits per heavy atom. The lowest BCUT2D eigenvalue weighted by molar-refractivity contribution is 0.0916. The Labute approximate surface area is 160 Å². The van der Waals surface area contributed by atoms with Gasteiger partial charge in [0.25, 0.3) is 5.91 Å². The largest absolute Gasteiger partial charge is 0.355 e. The molecule has 8 heteroatoms. The number of amides is 3. The molecule has 148 valence electrons. The molecule has 8 nitrogen and oxygen atoms in total. The van der Waals surface area contributed by atoms with E-state index in [1.54, 1.807) is 0 Å². The van der Waals surface area contributed by atoms with E-state index >= 15 is 0 Å². The van der Waals surface area contributed by atoms with Gasteiger partial charge in [-0.2, -0.15) is 0 Å². The molecule has 1 saturated heterocycles. The first kappa shape index (κ1) is 19.4. The highest BCUT2D eigenvalue weighted by Crippen LogP contribution is 2.18. The summed E-state index contributed by atoms with van der Waals surface area (Å²) < 4.78 is 0. The van der Waals surface area contributed by atoms with Crippen LogP contribution in [0.1, 0.15) is 62.2 Å². The maximum atomic E-state index is 12.4. The number of likely N-dealkylation sites (tertiary alicyclic amines) is 1. The van der Waals surface area contributed by atoms with Gasteiger partial charge in [0.05, 0.1) is 5.56 Å². The van der Waals surface area contributed by atoms with Gasteiger partial charge in [0.1, 0.15) is 0 Å². The van der Waals surface area contributed by atoms with Crippen LogP contribution in [0.15, 0.2) is 12.4 Å². The zero-order chi connectivity index (χ0) is 19.1. The molecule has 1 aromatic heterocycles. The molecule has 0 spiro atoms. The van der Waals surface area contributed by atoms with Crippen LogP contribution in [0.2, 0.25) is 0 Å². The van der Waals surface area contributed by atoms with Gasteiger partial charge in [-0.25, -0.2) is 14.8 Å². The summed E-state index contributed by atoms with van der Waals surface area (Å²) in [4.78, 5) is 34.9. The molecule has 1 aliphatic carbocycles. The molecular formula is C19H30N6O2. The summed E-state index contributed by atoms with van der Waals surface area (Å²) in [5, 5.41) is 9.19. The topological polar surface area (TPSA) is 99.3 Å². The fourth-order valence-electron chi connectivity index (χ4n) is 3.70. The molecule has 0 aromatic carbocycles. The highest BCUT2D eigenvalue weighted by Gasteiger charge is 2.26. The van der Waals surface area contributed by atoms with E-state index in [0.29, 0.717) is 30.6 Å². The number of aromatic nitrogens is 2. The molecule has 1 aromatic rings. The standard InChI is InChI=1S/C19H30N6O2/c1-2-20-18-21-12-14(13-22-18)17(26)23-16-8-10-25(11-9-16)19(27)24-15-6-4-3-5-7-15/h12-13,15-16H,2-11H2,1H3,(H,23,26)(H,24,27)(H,20,21,22). The van der Waals surface area contributed by atoms with Crippen molar-refractivity contribution in [3.8, 4) is 0 Å². The molecule has 2 heterocycles. The van der Waals surface area contributed by atoms with E-state index < -0.39 is 0 Å². The van der Waals surface area contributed by atoms with E-state index in [1.807, 2.05) is 11.8 Å². The van der Waals surface area contributed by atoms with E-state index in [4.69, 9.17) is 0 Å². The highest BCUT2D eigenvalue weighted by atomic mass is 16.2. The number of urea groups is 1. The van der Waals surface area contributed by atoms with E-state index in [1.165, 1.54) is 31.7 Å². The van der Waals surface area contributed by atoms with E-state index in [0.717, 1.165) is 32.2 Å². The number of hydrogen-bond acceptors (Lipinski definition) is 5. The first-order chi connectivity index (χ1) is 13.2. The van der Waals surface area contributed by atoms with Crippen molar-refractivity contribution in [1.29, 1.82) is 0 Å². The average Bonchev–Trinajstić information content (AvgIpc) is 2.70. The van der Waals surface area contributed by atoms with Crippen molar-refractivity contribution in [3.63, 3.8) is 0 Å². The molecule has 0 bridgehead atoms. The second-order valence-corrected chi connectivity index (χ2v) is 7.34. The first-order valence-electron chi connectivity index (χ1n) is 10.1. The van der Waals surface area contributed by atoms with Crippen LogP contribution >= 0.6 is 0 Å². The number of nitrogens with zero attached hydrogens (tertiary/aromatic N) is 3. The molecule has 0 radical (unpaired) electrons. The van der Waals surface area contributed by atoms with E-state index in [-0.39, 0.29) is 18.0 Å². The van der Waals surface area contributed by atoms with Crippen molar-refractivity contribution >= 4 is 17.9 Å². The molecule has 1 aliphatic heterocycles. The fraction of sp³-hybridized carbons (Fsp3) is 0.684. The molecule has 27 heavy (non-hydrogen) atoms. The number of piperidine rings is 1. The zero-order valence-corrected chi connectivity index (χ0v) is 16.0. The van der Waals surface area contributed by atoms with Gasteiger partial charge in [-0.15, -0.1) is 0 Å². The van der Waals surface area contributed by atoms with Gasteiger partial charge in [0, 0.05) is 44.1 Å². The molecule has 3 N–H and O–H groups in total. The maximum absolute atomic E-state index is 12.4. The van der Waals surface area contributed by atoms with Crippen molar-refractivity contribution in [2.75, 3.05) is 25.0 Å². The Bertz CT molecular complexity index is 622. The third kappa shape index (κ3) is 5.55. The zero-order valence-electron chi connectivity index (χ0n) is 16.0. The predicted octanol–water partition coefficient (Wildman–Crippen LogP) is 2.14. The van der Waals surface area contributed by atoms with Crippen LogP contribution in [0, 0.1) is 0 Å². The Hall–Kier alpha value is -2.38. The number of anilines is 1. The van der Waals surface area contributed by atoms with Crippen molar-refractivity contribution in [3.05, 3.63) is 18.0 Å². The summed E-state index contributed by atoms with van der Waals surface area (Å²) in [6.07, 6.45) is 10.5. The van der Waals surface area contributed by atoms with Crippen LogP contribution in [-0.2, 0) is 0 Å². The second-order valence-electron chi connectivity index (χ2n) is 7.34. The summed E-state index contributed by atoms with van der Waals surface area (Å²) in [6, 6.07) is 0.442. The number of rotatable bonds is 5. The molecule has 3 rings (SSSR count). The molecule has 2 fully saturated rings. The summed E-state index contributed by atoms with van der Waals surface area (Å²) >= 11 is 0. The second kappa shape index (κ2) is 9.53. The average molecular weight is 374 g/mol. The van der Waals surface area contributed by atoms with Gasteiger partial charge in [-0.3, -0.25) is 4.79 Å². The Kier molecular flexibility index (Phi) is 6.84. The summed E-state index contributed by atoms with van der Waals surface area (Å²) in [5.74, 6) is 0.356. The van der Waals surface area contributed by atoms with Crippen LogP contribution in [0.4, 0.5) is 10.7 Å². The fourth-order valence-corrected chi connectivity index (χ4v) is 3.70. The highest BCUT2D eigenvalue weighted by molar-refractivity contribution is 5.93. The van der Waals surface area contributed by atoms with Gasteiger partial charge < -0.3 is 20.9 Å². The molecule has 2 aliphatic rings. The Balaban J connectivity index is 1.42. The lowest BCUT2D eigenvalue weighted by Gasteiger charge is -2.34. The summed E-state index contributed by atoms with van der Waals surface area (Å²) in [5.41, 5.74) is 0.453. The monoisotopic (exact) mass is 374 g/mol. The van der Waals surface area contributed by atoms with Crippen molar-refractivity contribution in [2.24, 2.45) is 0 Å². The lowest BCUT2D eigenvalue weighted by Crippen LogP contribution is -2.51. The molecule has 1 saturated carbocycles. The van der Waals surface area contributed by atoms with Crippen LogP contribution in [0.3, 0.4) is 0 Å². The van der Waals surface area contributed by atoms with E-state index in [2.05, 4.69) is 25.9 Å². The van der Waals surface area contributed by atoms with Crippen LogP contribution in [0.5, 0.6) is 0 Å². The third-order valence-corrected chi connectivity index (χ3v) is 5.30. The minimum atomic E-state index is -0.164. The number of nitrogens with one attached hydrogen (secondary N) is 3. The van der Waals surface area contributed by atoms with Crippen molar-refractivity contribution in [1.82, 2.24) is 25.5 Å². The van der Waals surface area contributed by atoms with Crippen LogP contribution < -0.4 is 16.0 Å². The Morgan fingerprint density at radius 2 is 1.63 bits per heavy atom. The van der Waals surface area contributed by atoms with Crippen LogP contribution in [0.25, 0.3) is 0 Å². The molecule has 3 amide bonds. The van der Waals surface area contributed by atoms with Gasteiger partial charge in [-0.1, -0.05) is 19.3 Å². The minimum Gasteiger partial charge on any atom is -0.355 e. The van der Waals surface area contributed by atoms with Gasteiger partial charge in [0.2, 0.25) is 5.95 Å². The van der Waals surface area contributed by atoms with Crippen molar-refractivity contribution in [2.45, 2.75) is 64.0 Å². The smallest absolute Gasteiger partial charge is 0.317 e. The molecule has 0 unspecified atom stereocenters. The maximum Gasteiger partial charge on any atom is 0.317 e. The first-order valence-corrected chi connectivity index (χ1v) is 10.1.